The van der Waals surface area contributed by atoms with E-state index in [4.69, 9.17) is 0 Å². The molecule has 0 saturated heterocycles. The van der Waals surface area contributed by atoms with Crippen molar-refractivity contribution in [1.82, 2.24) is 9.78 Å². The van der Waals surface area contributed by atoms with Gasteiger partial charge in [0.15, 0.2) is 0 Å². The van der Waals surface area contributed by atoms with Gasteiger partial charge in [-0.3, -0.25) is 4.79 Å². The molecule has 0 spiro atoms. The largest absolute Gasteiger partial charge is 0.379 e. The summed E-state index contributed by atoms with van der Waals surface area (Å²) in [6.45, 7) is 4.83. The summed E-state index contributed by atoms with van der Waals surface area (Å²) in [5.74, 6) is 0. The van der Waals surface area contributed by atoms with Crippen LogP contribution in [0.15, 0.2) is 33.7 Å². The summed E-state index contributed by atoms with van der Waals surface area (Å²) < 4.78 is 1.81. The first kappa shape index (κ1) is 13.8. The van der Waals surface area contributed by atoms with E-state index in [0.717, 1.165) is 0 Å². The Morgan fingerprint density at radius 2 is 2.11 bits per heavy atom. The Labute approximate surface area is 120 Å². The lowest BCUT2D eigenvalue weighted by atomic mass is 10.1. The maximum absolute atomic E-state index is 11.7. The van der Waals surface area contributed by atoms with Gasteiger partial charge in [0, 0.05) is 13.6 Å². The first-order valence-corrected chi connectivity index (χ1v) is 6.80. The van der Waals surface area contributed by atoms with Gasteiger partial charge in [0.25, 0.3) is 5.56 Å². The highest BCUT2D eigenvalue weighted by atomic mass is 79.9. The van der Waals surface area contributed by atoms with Crippen molar-refractivity contribution >= 4 is 21.6 Å². The van der Waals surface area contributed by atoms with Crippen LogP contribution in [0.1, 0.15) is 16.7 Å². The van der Waals surface area contributed by atoms with Crippen LogP contribution in [0, 0.1) is 13.8 Å². The average Bonchev–Trinajstić information content (AvgIpc) is 2.37. The van der Waals surface area contributed by atoms with Gasteiger partial charge in [-0.2, -0.15) is 5.10 Å². The quantitative estimate of drug-likeness (QED) is 0.945. The molecule has 1 aromatic carbocycles. The van der Waals surface area contributed by atoms with Crippen LogP contribution in [0.3, 0.4) is 0 Å². The van der Waals surface area contributed by atoms with Crippen molar-refractivity contribution in [1.29, 1.82) is 0 Å². The predicted octanol–water partition coefficient (Wildman–Crippen LogP) is 2.77. The van der Waals surface area contributed by atoms with Gasteiger partial charge in [-0.1, -0.05) is 23.8 Å². The average molecular weight is 322 g/mol. The molecule has 0 atom stereocenters. The standard InChI is InChI=1S/C14H16BrN3O/c1-9-4-5-11(10(2)6-9)7-16-12-8-17-18(3)14(19)13(12)15/h4-6,8,16H,7H2,1-3H3. The first-order valence-electron chi connectivity index (χ1n) is 6.01. The fraction of sp³-hybridized carbons (Fsp3) is 0.286. The molecule has 5 heteroatoms. The summed E-state index contributed by atoms with van der Waals surface area (Å²) in [5.41, 5.74) is 4.25. The molecule has 2 rings (SSSR count). The second-order valence-corrected chi connectivity index (χ2v) is 5.38. The van der Waals surface area contributed by atoms with E-state index < -0.39 is 0 Å². The van der Waals surface area contributed by atoms with E-state index >= 15 is 0 Å². The monoisotopic (exact) mass is 321 g/mol. The van der Waals surface area contributed by atoms with Crippen molar-refractivity contribution in [3.8, 4) is 0 Å². The molecule has 0 aliphatic rings. The summed E-state index contributed by atoms with van der Waals surface area (Å²) in [6.07, 6.45) is 1.65. The third kappa shape index (κ3) is 3.04. The lowest BCUT2D eigenvalue weighted by molar-refractivity contribution is 0.703. The Kier molecular flexibility index (Phi) is 4.04. The zero-order valence-electron chi connectivity index (χ0n) is 11.2. The summed E-state index contributed by atoms with van der Waals surface area (Å²) >= 11 is 3.30. The summed E-state index contributed by atoms with van der Waals surface area (Å²) in [5, 5.41) is 7.23. The molecule has 100 valence electrons. The topological polar surface area (TPSA) is 46.9 Å². The minimum atomic E-state index is -0.148. The lowest BCUT2D eigenvalue weighted by Crippen LogP contribution is -2.21. The highest BCUT2D eigenvalue weighted by Crippen LogP contribution is 2.18. The van der Waals surface area contributed by atoms with Crippen LogP contribution in [0.25, 0.3) is 0 Å². The van der Waals surface area contributed by atoms with Gasteiger partial charge >= 0.3 is 0 Å². The van der Waals surface area contributed by atoms with Crippen LogP contribution >= 0.6 is 15.9 Å². The van der Waals surface area contributed by atoms with Gasteiger partial charge in [0.1, 0.15) is 4.47 Å². The molecule has 0 amide bonds. The zero-order chi connectivity index (χ0) is 14.0. The van der Waals surface area contributed by atoms with Crippen LogP contribution in [0.2, 0.25) is 0 Å². The predicted molar refractivity (Wildman–Crippen MR) is 80.4 cm³/mol. The van der Waals surface area contributed by atoms with Gasteiger partial charge in [-0.25, -0.2) is 4.68 Å². The van der Waals surface area contributed by atoms with Crippen molar-refractivity contribution in [2.24, 2.45) is 7.05 Å². The number of aromatic nitrogens is 2. The highest BCUT2D eigenvalue weighted by molar-refractivity contribution is 9.10. The molecule has 4 nitrogen and oxygen atoms in total. The van der Waals surface area contributed by atoms with E-state index in [1.54, 1.807) is 13.2 Å². The molecular weight excluding hydrogens is 306 g/mol. The second-order valence-electron chi connectivity index (χ2n) is 4.58. The number of halogens is 1. The summed E-state index contributed by atoms with van der Waals surface area (Å²) in [4.78, 5) is 11.7. The molecule has 2 aromatic rings. The van der Waals surface area contributed by atoms with Gasteiger partial charge in [0.2, 0.25) is 0 Å². The minimum Gasteiger partial charge on any atom is -0.379 e. The van der Waals surface area contributed by atoms with E-state index in [-0.39, 0.29) is 5.56 Å². The summed E-state index contributed by atoms with van der Waals surface area (Å²) in [7, 11) is 1.63. The van der Waals surface area contributed by atoms with Crippen molar-refractivity contribution in [3.63, 3.8) is 0 Å². The zero-order valence-corrected chi connectivity index (χ0v) is 12.8. The maximum Gasteiger partial charge on any atom is 0.282 e. The van der Waals surface area contributed by atoms with Crippen LogP contribution in [-0.4, -0.2) is 9.78 Å². The molecule has 19 heavy (non-hydrogen) atoms. The molecular formula is C14H16BrN3O. The second kappa shape index (κ2) is 5.57. The third-order valence-corrected chi connectivity index (χ3v) is 3.81. The Bertz CT molecular complexity index is 664. The molecule has 0 aliphatic carbocycles. The molecule has 0 fully saturated rings. The van der Waals surface area contributed by atoms with Gasteiger partial charge in [-0.05, 0) is 40.9 Å². The molecule has 1 aromatic heterocycles. The van der Waals surface area contributed by atoms with E-state index in [2.05, 4.69) is 58.4 Å². The van der Waals surface area contributed by atoms with Crippen LogP contribution < -0.4 is 10.9 Å². The number of hydrogen-bond donors (Lipinski definition) is 1. The Balaban J connectivity index is 2.19. The number of hydrogen-bond acceptors (Lipinski definition) is 3. The maximum atomic E-state index is 11.7. The number of aryl methyl sites for hydroxylation is 3. The molecule has 1 N–H and O–H groups in total. The van der Waals surface area contributed by atoms with Crippen molar-refractivity contribution in [2.45, 2.75) is 20.4 Å². The van der Waals surface area contributed by atoms with Crippen molar-refractivity contribution in [2.75, 3.05) is 5.32 Å². The van der Waals surface area contributed by atoms with E-state index in [1.165, 1.54) is 21.4 Å². The number of nitrogens with one attached hydrogen (secondary N) is 1. The molecule has 0 bridgehead atoms. The van der Waals surface area contributed by atoms with Crippen molar-refractivity contribution < 1.29 is 0 Å². The number of rotatable bonds is 3. The number of anilines is 1. The molecule has 0 radical (unpaired) electrons. The molecule has 0 aliphatic heterocycles. The van der Waals surface area contributed by atoms with Crippen molar-refractivity contribution in [3.05, 3.63) is 55.9 Å². The summed E-state index contributed by atoms with van der Waals surface area (Å²) in [6, 6.07) is 6.33. The van der Waals surface area contributed by atoms with Gasteiger partial charge in [0.05, 0.1) is 11.9 Å². The fourth-order valence-corrected chi connectivity index (χ4v) is 2.37. The Morgan fingerprint density at radius 3 is 2.79 bits per heavy atom. The molecule has 0 saturated carbocycles. The molecule has 0 unspecified atom stereocenters. The Hall–Kier alpha value is -1.62. The van der Waals surface area contributed by atoms with Crippen LogP contribution in [-0.2, 0) is 13.6 Å². The van der Waals surface area contributed by atoms with Crippen LogP contribution in [0.4, 0.5) is 5.69 Å². The van der Waals surface area contributed by atoms with Gasteiger partial charge < -0.3 is 5.32 Å². The first-order chi connectivity index (χ1) is 8.99. The SMILES string of the molecule is Cc1ccc(CNc2cnn(C)c(=O)c2Br)c(C)c1. The lowest BCUT2D eigenvalue weighted by Gasteiger charge is -2.11. The normalized spacial score (nSPS) is 10.5. The van der Waals surface area contributed by atoms with E-state index in [0.29, 0.717) is 16.7 Å². The fourth-order valence-electron chi connectivity index (χ4n) is 1.87. The number of nitrogens with zero attached hydrogens (tertiary/aromatic N) is 2. The number of benzene rings is 1. The van der Waals surface area contributed by atoms with Gasteiger partial charge in [-0.15, -0.1) is 0 Å². The van der Waals surface area contributed by atoms with E-state index in [9.17, 15) is 4.79 Å². The third-order valence-electron chi connectivity index (χ3n) is 3.05. The smallest absolute Gasteiger partial charge is 0.282 e. The minimum absolute atomic E-state index is 0.148. The Morgan fingerprint density at radius 1 is 1.37 bits per heavy atom. The highest BCUT2D eigenvalue weighted by Gasteiger charge is 2.07. The molecule has 1 heterocycles. The van der Waals surface area contributed by atoms with E-state index in [1.807, 2.05) is 0 Å². The van der Waals surface area contributed by atoms with Crippen LogP contribution in [0.5, 0.6) is 0 Å².